The molecule has 1 N–H and O–H groups in total. The highest BCUT2D eigenvalue weighted by atomic mass is 35.5. The number of hydrogen-bond donors (Lipinski definition) is 1. The molecule has 0 spiro atoms. The van der Waals surface area contributed by atoms with Crippen molar-refractivity contribution >= 4 is 45.7 Å². The van der Waals surface area contributed by atoms with Crippen molar-refractivity contribution in [2.45, 2.75) is 12.1 Å². The van der Waals surface area contributed by atoms with Crippen LogP contribution in [0.15, 0.2) is 34.9 Å². The molecule has 0 atom stereocenters. The van der Waals surface area contributed by atoms with E-state index in [0.717, 1.165) is 11.3 Å². The first-order valence-corrected chi connectivity index (χ1v) is 8.75. The van der Waals surface area contributed by atoms with Gasteiger partial charge in [0.15, 0.2) is 5.13 Å². The minimum Gasteiger partial charge on any atom is -0.301 e. The third-order valence-corrected chi connectivity index (χ3v) is 4.69. The first kappa shape index (κ1) is 15.9. The Morgan fingerprint density at radius 1 is 1.48 bits per heavy atom. The highest BCUT2D eigenvalue weighted by molar-refractivity contribution is 7.99. The minimum absolute atomic E-state index is 0.165. The van der Waals surface area contributed by atoms with Crippen LogP contribution in [-0.2, 0) is 4.79 Å². The van der Waals surface area contributed by atoms with E-state index in [4.69, 9.17) is 11.6 Å². The molecule has 3 rings (SSSR count). The van der Waals surface area contributed by atoms with Crippen molar-refractivity contribution in [3.05, 3.63) is 40.4 Å². The third-order valence-electron chi connectivity index (χ3n) is 2.85. The summed E-state index contributed by atoms with van der Waals surface area (Å²) in [5, 5.41) is 17.8. The molecule has 1 aromatic carbocycles. The Morgan fingerprint density at radius 2 is 2.35 bits per heavy atom. The minimum atomic E-state index is -0.165. The fraction of sp³-hybridized carbons (Fsp3) is 0.154. The lowest BCUT2D eigenvalue weighted by Gasteiger charge is -2.07. The summed E-state index contributed by atoms with van der Waals surface area (Å²) in [6.45, 7) is 1.94. The maximum absolute atomic E-state index is 11.9. The van der Waals surface area contributed by atoms with Crippen LogP contribution in [0.2, 0.25) is 5.02 Å². The molecule has 2 heterocycles. The van der Waals surface area contributed by atoms with Crippen LogP contribution >= 0.6 is 34.7 Å². The fourth-order valence-electron chi connectivity index (χ4n) is 1.80. The highest BCUT2D eigenvalue weighted by Crippen LogP contribution is 2.23. The average molecular weight is 367 g/mol. The molecule has 0 saturated carbocycles. The zero-order valence-corrected chi connectivity index (χ0v) is 14.3. The van der Waals surface area contributed by atoms with Gasteiger partial charge in [0.1, 0.15) is 0 Å². The zero-order valence-electron chi connectivity index (χ0n) is 11.9. The second-order valence-corrected chi connectivity index (χ2v) is 6.75. The molecule has 2 aromatic heterocycles. The molecule has 0 unspecified atom stereocenters. The van der Waals surface area contributed by atoms with Crippen LogP contribution in [0, 0.1) is 6.92 Å². The molecule has 0 aliphatic carbocycles. The maximum Gasteiger partial charge on any atom is 0.236 e. The molecule has 1 amide bonds. The number of nitrogens with one attached hydrogen (secondary N) is 1. The van der Waals surface area contributed by atoms with Gasteiger partial charge in [0.05, 0.1) is 11.4 Å². The molecular formula is C13H11ClN6OS2. The first-order chi connectivity index (χ1) is 11.1. The van der Waals surface area contributed by atoms with E-state index in [0.29, 0.717) is 15.3 Å². The van der Waals surface area contributed by atoms with Crippen LogP contribution in [0.1, 0.15) is 5.56 Å². The Labute approximate surface area is 145 Å². The lowest BCUT2D eigenvalue weighted by atomic mass is 10.2. The van der Waals surface area contributed by atoms with Crippen LogP contribution in [0.5, 0.6) is 0 Å². The number of halogens is 1. The fourth-order valence-corrected chi connectivity index (χ4v) is 3.20. The number of aryl methyl sites for hydroxylation is 1. The van der Waals surface area contributed by atoms with Gasteiger partial charge in [-0.25, -0.2) is 4.98 Å². The summed E-state index contributed by atoms with van der Waals surface area (Å²) in [5.41, 5.74) is 1.76. The van der Waals surface area contributed by atoms with E-state index in [1.807, 2.05) is 13.0 Å². The Hall–Kier alpha value is -1.97. The van der Waals surface area contributed by atoms with Crippen molar-refractivity contribution in [3.63, 3.8) is 0 Å². The van der Waals surface area contributed by atoms with E-state index in [1.54, 1.807) is 28.4 Å². The summed E-state index contributed by atoms with van der Waals surface area (Å²) in [5.74, 6) is 0.0156. The highest BCUT2D eigenvalue weighted by Gasteiger charge is 2.14. The van der Waals surface area contributed by atoms with Crippen molar-refractivity contribution in [2.24, 2.45) is 0 Å². The van der Waals surface area contributed by atoms with Gasteiger partial charge in [-0.05, 0) is 35.0 Å². The number of aromatic nitrogens is 5. The molecule has 0 bridgehead atoms. The molecule has 118 valence electrons. The van der Waals surface area contributed by atoms with E-state index in [9.17, 15) is 4.79 Å². The van der Waals surface area contributed by atoms with Crippen molar-refractivity contribution in [3.8, 4) is 5.69 Å². The summed E-state index contributed by atoms with van der Waals surface area (Å²) in [4.78, 5) is 15.9. The summed E-state index contributed by atoms with van der Waals surface area (Å²) >= 11 is 8.64. The maximum atomic E-state index is 11.9. The van der Waals surface area contributed by atoms with Gasteiger partial charge in [0.2, 0.25) is 11.1 Å². The number of carbonyl (C=O) groups excluding carboxylic acids is 1. The molecule has 7 nitrogen and oxygen atoms in total. The molecule has 0 radical (unpaired) electrons. The molecule has 0 saturated heterocycles. The molecule has 3 aromatic rings. The molecule has 0 aliphatic rings. The number of benzene rings is 1. The molecule has 0 aliphatic heterocycles. The summed E-state index contributed by atoms with van der Waals surface area (Å²) in [6, 6.07) is 5.48. The largest absolute Gasteiger partial charge is 0.301 e. The summed E-state index contributed by atoms with van der Waals surface area (Å²) in [7, 11) is 0. The monoisotopic (exact) mass is 366 g/mol. The lowest BCUT2D eigenvalue weighted by Crippen LogP contribution is -2.14. The Morgan fingerprint density at radius 3 is 3.13 bits per heavy atom. The number of nitrogens with zero attached hydrogens (tertiary/aromatic N) is 5. The van der Waals surface area contributed by atoms with Gasteiger partial charge in [-0.3, -0.25) is 4.79 Å². The van der Waals surface area contributed by atoms with Gasteiger partial charge in [-0.15, -0.1) is 16.4 Å². The Kier molecular flexibility index (Phi) is 4.89. The predicted molar refractivity (Wildman–Crippen MR) is 90.4 cm³/mol. The van der Waals surface area contributed by atoms with Crippen molar-refractivity contribution < 1.29 is 4.79 Å². The van der Waals surface area contributed by atoms with Gasteiger partial charge in [0, 0.05) is 16.6 Å². The van der Waals surface area contributed by atoms with Crippen LogP contribution < -0.4 is 5.32 Å². The smallest absolute Gasteiger partial charge is 0.236 e. The van der Waals surface area contributed by atoms with Gasteiger partial charge in [0.25, 0.3) is 0 Å². The SMILES string of the molecule is Cc1ccc(Cl)cc1-n1nnnc1SCC(=O)Nc1nccs1. The van der Waals surface area contributed by atoms with E-state index < -0.39 is 0 Å². The Bertz CT molecular complexity index is 820. The van der Waals surface area contributed by atoms with Crippen LogP contribution in [-0.4, -0.2) is 36.9 Å². The quantitative estimate of drug-likeness (QED) is 0.699. The van der Waals surface area contributed by atoms with Gasteiger partial charge < -0.3 is 5.32 Å². The average Bonchev–Trinajstić information content (AvgIpc) is 3.19. The van der Waals surface area contributed by atoms with Crippen molar-refractivity contribution in [1.29, 1.82) is 0 Å². The van der Waals surface area contributed by atoms with Gasteiger partial charge in [-0.1, -0.05) is 29.4 Å². The second-order valence-electron chi connectivity index (χ2n) is 4.48. The number of rotatable bonds is 5. The van der Waals surface area contributed by atoms with Gasteiger partial charge in [-0.2, -0.15) is 4.68 Å². The number of hydrogen-bond acceptors (Lipinski definition) is 7. The van der Waals surface area contributed by atoms with Crippen molar-refractivity contribution in [1.82, 2.24) is 25.2 Å². The number of thioether (sulfide) groups is 1. The van der Waals surface area contributed by atoms with E-state index >= 15 is 0 Å². The number of carbonyl (C=O) groups is 1. The molecule has 10 heteroatoms. The number of amides is 1. The van der Waals surface area contributed by atoms with E-state index in [-0.39, 0.29) is 11.7 Å². The Balaban J connectivity index is 1.71. The first-order valence-electron chi connectivity index (χ1n) is 6.50. The molecule has 0 fully saturated rings. The van der Waals surface area contributed by atoms with Crippen molar-refractivity contribution in [2.75, 3.05) is 11.1 Å². The normalized spacial score (nSPS) is 10.7. The zero-order chi connectivity index (χ0) is 16.2. The molecule has 23 heavy (non-hydrogen) atoms. The summed E-state index contributed by atoms with van der Waals surface area (Å²) in [6.07, 6.45) is 1.63. The lowest BCUT2D eigenvalue weighted by molar-refractivity contribution is -0.113. The standard InChI is InChI=1S/C13H11ClN6OS2/c1-8-2-3-9(14)6-10(8)20-13(17-18-19-20)23-7-11(21)16-12-15-4-5-22-12/h2-6H,7H2,1H3,(H,15,16,21). The van der Waals surface area contributed by atoms with E-state index in [1.165, 1.54) is 23.1 Å². The van der Waals surface area contributed by atoms with Crippen LogP contribution in [0.3, 0.4) is 0 Å². The number of thiazole rings is 1. The third kappa shape index (κ3) is 3.87. The van der Waals surface area contributed by atoms with E-state index in [2.05, 4.69) is 25.8 Å². The van der Waals surface area contributed by atoms with Crippen LogP contribution in [0.25, 0.3) is 5.69 Å². The van der Waals surface area contributed by atoms with Crippen LogP contribution in [0.4, 0.5) is 5.13 Å². The summed E-state index contributed by atoms with van der Waals surface area (Å²) < 4.78 is 1.57. The number of tetrazole rings is 1. The topological polar surface area (TPSA) is 85.6 Å². The second kappa shape index (κ2) is 7.07. The van der Waals surface area contributed by atoms with Gasteiger partial charge >= 0.3 is 0 Å². The molecular weight excluding hydrogens is 356 g/mol. The predicted octanol–water partition coefficient (Wildman–Crippen LogP) is 2.81. The number of anilines is 1.